The van der Waals surface area contributed by atoms with Gasteiger partial charge in [0.1, 0.15) is 0 Å². The van der Waals surface area contributed by atoms with Crippen molar-refractivity contribution in [3.05, 3.63) is 35.4 Å². The number of ether oxygens (including phenoxy) is 2. The van der Waals surface area contributed by atoms with E-state index >= 15 is 0 Å². The third kappa shape index (κ3) is 4.68. The van der Waals surface area contributed by atoms with Gasteiger partial charge >= 0.3 is 11.9 Å². The molecule has 1 saturated carbocycles. The summed E-state index contributed by atoms with van der Waals surface area (Å²) in [6, 6.07) is 6.84. The van der Waals surface area contributed by atoms with E-state index in [1.165, 1.54) is 14.0 Å². The van der Waals surface area contributed by atoms with E-state index < -0.39 is 0 Å². The van der Waals surface area contributed by atoms with Gasteiger partial charge in [-0.3, -0.25) is 4.79 Å². The molecule has 22 heavy (non-hydrogen) atoms. The highest BCUT2D eigenvalue weighted by Crippen LogP contribution is 2.37. The van der Waals surface area contributed by atoms with Crippen LogP contribution in [0.25, 0.3) is 0 Å². The molecule has 0 spiro atoms. The van der Waals surface area contributed by atoms with E-state index in [0.717, 1.165) is 12.0 Å². The quantitative estimate of drug-likeness (QED) is 0.632. The summed E-state index contributed by atoms with van der Waals surface area (Å²) in [6.45, 7) is 1.84. The summed E-state index contributed by atoms with van der Waals surface area (Å²) in [6.07, 6.45) is 0.954. The molecule has 1 aliphatic rings. The smallest absolute Gasteiger partial charge is 0.337 e. The van der Waals surface area contributed by atoms with Crippen LogP contribution in [0.1, 0.15) is 29.3 Å². The van der Waals surface area contributed by atoms with Crippen LogP contribution >= 0.6 is 0 Å². The lowest BCUT2D eigenvalue weighted by Gasteiger charge is -1.97. The van der Waals surface area contributed by atoms with E-state index in [1.807, 2.05) is 0 Å². The van der Waals surface area contributed by atoms with Gasteiger partial charge in [0.05, 0.1) is 19.3 Å². The van der Waals surface area contributed by atoms with Gasteiger partial charge in [-0.05, 0) is 42.5 Å². The molecule has 1 aromatic rings. The zero-order valence-electron chi connectivity index (χ0n) is 12.5. The van der Waals surface area contributed by atoms with Crippen molar-refractivity contribution in [2.45, 2.75) is 13.3 Å². The van der Waals surface area contributed by atoms with Crippen LogP contribution in [-0.4, -0.2) is 25.7 Å². The van der Waals surface area contributed by atoms with Crippen LogP contribution in [-0.2, 0) is 14.3 Å². The molecule has 0 saturated heterocycles. The zero-order valence-corrected chi connectivity index (χ0v) is 12.5. The van der Waals surface area contributed by atoms with E-state index in [0.29, 0.717) is 18.1 Å². The van der Waals surface area contributed by atoms with Crippen LogP contribution in [0.2, 0.25) is 0 Å². The Hall–Kier alpha value is -2.72. The van der Waals surface area contributed by atoms with E-state index in [9.17, 15) is 9.59 Å². The summed E-state index contributed by atoms with van der Waals surface area (Å²) in [5, 5.41) is 0. The molecule has 112 valence electrons. The second kappa shape index (κ2) is 7.33. The first-order valence-corrected chi connectivity index (χ1v) is 6.93. The van der Waals surface area contributed by atoms with Gasteiger partial charge < -0.3 is 9.47 Å². The van der Waals surface area contributed by atoms with E-state index in [1.54, 1.807) is 24.3 Å². The third-order valence-electron chi connectivity index (χ3n) is 3.26. The normalized spacial score (nSPS) is 18.1. The van der Waals surface area contributed by atoms with Crippen molar-refractivity contribution >= 4 is 11.9 Å². The largest absolute Gasteiger partial charge is 0.466 e. The molecule has 4 nitrogen and oxygen atoms in total. The van der Waals surface area contributed by atoms with Gasteiger partial charge in [-0.1, -0.05) is 11.8 Å². The van der Waals surface area contributed by atoms with Crippen LogP contribution in [0.15, 0.2) is 24.3 Å². The fraction of sp³-hybridized carbons (Fsp3) is 0.333. The third-order valence-corrected chi connectivity index (χ3v) is 3.26. The first kappa shape index (κ1) is 15.7. The van der Waals surface area contributed by atoms with Gasteiger partial charge in [-0.2, -0.15) is 0 Å². The lowest BCUT2D eigenvalue weighted by atomic mass is 10.1. The highest BCUT2D eigenvalue weighted by atomic mass is 16.5. The first-order valence-electron chi connectivity index (χ1n) is 6.93. The Morgan fingerprint density at radius 3 is 2.59 bits per heavy atom. The minimum Gasteiger partial charge on any atom is -0.466 e. The number of benzene rings is 1. The topological polar surface area (TPSA) is 52.6 Å². The van der Waals surface area contributed by atoms with Crippen molar-refractivity contribution in [1.29, 1.82) is 0 Å². The molecule has 4 heteroatoms. The second-order valence-electron chi connectivity index (χ2n) is 4.99. The van der Waals surface area contributed by atoms with Crippen LogP contribution < -0.4 is 0 Å². The molecule has 1 aromatic carbocycles. The van der Waals surface area contributed by atoms with E-state index in [2.05, 4.69) is 28.4 Å². The summed E-state index contributed by atoms with van der Waals surface area (Å²) in [7, 11) is 1.35. The Balaban J connectivity index is 1.84. The molecule has 1 aliphatic carbocycles. The molecule has 2 atom stereocenters. The summed E-state index contributed by atoms with van der Waals surface area (Å²) >= 11 is 0. The van der Waals surface area contributed by atoms with E-state index in [4.69, 9.17) is 4.74 Å². The predicted octanol–water partition coefficient (Wildman–Crippen LogP) is 2.03. The number of hydrogen-bond donors (Lipinski definition) is 0. The van der Waals surface area contributed by atoms with Gasteiger partial charge in [0.2, 0.25) is 0 Å². The molecular weight excluding hydrogens is 280 g/mol. The molecule has 0 bridgehead atoms. The molecule has 0 radical (unpaired) electrons. The molecule has 1 fully saturated rings. The Morgan fingerprint density at radius 1 is 1.23 bits per heavy atom. The number of methoxy groups -OCH3 is 1. The summed E-state index contributed by atoms with van der Waals surface area (Å²) < 4.78 is 9.55. The number of carbonyl (C=O) groups excluding carboxylic acids is 2. The van der Waals surface area contributed by atoms with Crippen molar-refractivity contribution in [1.82, 2.24) is 0 Å². The highest BCUT2D eigenvalue weighted by molar-refractivity contribution is 5.89. The standard InChI is InChI=1S/C18H16O4/c1-13(19)22-12-17-11-16(17)6-4-3-5-14-7-9-15(10-8-14)18(20)21-2/h7-10,16-17H,11-12H2,1-2H3. The molecule has 2 rings (SSSR count). The van der Waals surface area contributed by atoms with Gasteiger partial charge in [0, 0.05) is 24.3 Å². The van der Waals surface area contributed by atoms with Gasteiger partial charge in [-0.25, -0.2) is 4.79 Å². The van der Waals surface area contributed by atoms with Crippen LogP contribution in [0.3, 0.4) is 0 Å². The summed E-state index contributed by atoms with van der Waals surface area (Å²) in [5.41, 5.74) is 1.28. The van der Waals surface area contributed by atoms with Crippen molar-refractivity contribution in [2.24, 2.45) is 11.8 Å². The second-order valence-corrected chi connectivity index (χ2v) is 4.99. The first-order chi connectivity index (χ1) is 10.6. The van der Waals surface area contributed by atoms with Crippen molar-refractivity contribution < 1.29 is 19.1 Å². The fourth-order valence-electron chi connectivity index (χ4n) is 1.87. The Morgan fingerprint density at radius 2 is 1.95 bits per heavy atom. The molecule has 0 heterocycles. The Kier molecular flexibility index (Phi) is 5.22. The van der Waals surface area contributed by atoms with Gasteiger partial charge in [0.25, 0.3) is 0 Å². The maximum atomic E-state index is 11.3. The minimum absolute atomic E-state index is 0.256. The van der Waals surface area contributed by atoms with Gasteiger partial charge in [-0.15, -0.1) is 0 Å². The van der Waals surface area contributed by atoms with Crippen molar-refractivity contribution in [2.75, 3.05) is 13.7 Å². The molecule has 0 amide bonds. The Bertz CT molecular complexity index is 680. The monoisotopic (exact) mass is 296 g/mol. The lowest BCUT2D eigenvalue weighted by Crippen LogP contribution is -2.02. The lowest BCUT2D eigenvalue weighted by molar-refractivity contribution is -0.141. The number of esters is 2. The average molecular weight is 296 g/mol. The zero-order chi connectivity index (χ0) is 15.9. The summed E-state index contributed by atoms with van der Waals surface area (Å²) in [5.74, 6) is 11.6. The minimum atomic E-state index is -0.369. The molecule has 0 aromatic heterocycles. The maximum absolute atomic E-state index is 11.3. The predicted molar refractivity (Wildman–Crippen MR) is 80.7 cm³/mol. The molecule has 2 unspecified atom stereocenters. The molecule has 0 aliphatic heterocycles. The number of carbonyl (C=O) groups is 2. The van der Waals surface area contributed by atoms with E-state index in [-0.39, 0.29) is 17.9 Å². The average Bonchev–Trinajstić information content (AvgIpc) is 3.28. The Labute approximate surface area is 129 Å². The van der Waals surface area contributed by atoms with Crippen molar-refractivity contribution in [3.63, 3.8) is 0 Å². The number of hydrogen-bond acceptors (Lipinski definition) is 4. The van der Waals surface area contributed by atoms with Gasteiger partial charge in [0.15, 0.2) is 0 Å². The molecular formula is C18H16O4. The van der Waals surface area contributed by atoms with Crippen molar-refractivity contribution in [3.8, 4) is 23.7 Å². The highest BCUT2D eigenvalue weighted by Gasteiger charge is 2.36. The maximum Gasteiger partial charge on any atom is 0.337 e. The van der Waals surface area contributed by atoms with Crippen LogP contribution in [0, 0.1) is 35.5 Å². The van der Waals surface area contributed by atoms with Crippen LogP contribution in [0.5, 0.6) is 0 Å². The SMILES string of the molecule is COC(=O)c1ccc(C#CC#CC2CC2COC(C)=O)cc1. The summed E-state index contributed by atoms with van der Waals surface area (Å²) in [4.78, 5) is 22.0. The fourth-order valence-corrected chi connectivity index (χ4v) is 1.87. The van der Waals surface area contributed by atoms with Crippen LogP contribution in [0.4, 0.5) is 0 Å². The number of rotatable bonds is 3. The molecule has 0 N–H and O–H groups in total.